The number of pyridine rings is 1. The molecule has 0 saturated carbocycles. The molecule has 2 aliphatic rings. The molecule has 1 aromatic heterocycles. The van der Waals surface area contributed by atoms with Crippen LogP contribution in [-0.4, -0.2) is 57.3 Å². The summed E-state index contributed by atoms with van der Waals surface area (Å²) in [4.78, 5) is 18.3. The van der Waals surface area contributed by atoms with Crippen molar-refractivity contribution in [3.63, 3.8) is 0 Å². The van der Waals surface area contributed by atoms with Crippen LogP contribution in [-0.2, 0) is 15.7 Å². The van der Waals surface area contributed by atoms with Crippen LogP contribution in [0.3, 0.4) is 0 Å². The second-order valence-electron chi connectivity index (χ2n) is 8.46. The van der Waals surface area contributed by atoms with Gasteiger partial charge in [0.25, 0.3) is 0 Å². The average Bonchev–Trinajstić information content (AvgIpc) is 2.67. The number of carbonyl (C=O) groups is 1. The van der Waals surface area contributed by atoms with Gasteiger partial charge in [-0.05, 0) is 33.8 Å². The minimum atomic E-state index is -1.26. The molecule has 162 valence electrons. The number of amides is 1. The number of nitrogens with one attached hydrogen (secondary N) is 1. The number of nitrogens with zero attached hydrogens (tertiary/aromatic N) is 2. The first-order valence-corrected chi connectivity index (χ1v) is 11.2. The average molecular weight is 426 g/mol. The van der Waals surface area contributed by atoms with Crippen molar-refractivity contribution in [2.75, 3.05) is 26.8 Å². The molecule has 0 aliphatic carbocycles. The number of ether oxygens (including phenoxy) is 3. The van der Waals surface area contributed by atoms with Crippen LogP contribution >= 0.6 is 0 Å². The summed E-state index contributed by atoms with van der Waals surface area (Å²) in [6.45, 7) is 9.09. The quantitative estimate of drug-likeness (QED) is 0.798. The summed E-state index contributed by atoms with van der Waals surface area (Å²) in [5.41, 5.74) is 0.270. The minimum absolute atomic E-state index is 0.233. The number of carbonyl (C=O) groups excluding carboxylic acids is 1. The van der Waals surface area contributed by atoms with E-state index >= 15 is 0 Å². The largest absolute Gasteiger partial charge is 0.485 e. The van der Waals surface area contributed by atoms with Crippen molar-refractivity contribution in [1.82, 2.24) is 14.6 Å². The van der Waals surface area contributed by atoms with Crippen LogP contribution < -0.4 is 14.2 Å². The Morgan fingerprint density at radius 2 is 2.07 bits per heavy atom. The Labute approximate surface area is 174 Å². The second-order valence-corrected chi connectivity index (χ2v) is 10.5. The number of rotatable bonds is 4. The number of aromatic nitrogens is 1. The van der Waals surface area contributed by atoms with E-state index in [0.717, 1.165) is 0 Å². The summed E-state index contributed by atoms with van der Waals surface area (Å²) in [7, 11) is 0.310. The van der Waals surface area contributed by atoms with E-state index in [-0.39, 0.29) is 12.1 Å². The molecule has 9 heteroatoms. The molecule has 1 fully saturated rings. The monoisotopic (exact) mass is 425 g/mol. The highest BCUT2D eigenvalue weighted by atomic mass is 32.2. The zero-order valence-electron chi connectivity index (χ0n) is 17.8. The molecule has 0 radical (unpaired) electrons. The van der Waals surface area contributed by atoms with Gasteiger partial charge in [-0.2, -0.15) is 0 Å². The Morgan fingerprint density at radius 3 is 2.66 bits per heavy atom. The Balaban J connectivity index is 1.83. The van der Waals surface area contributed by atoms with Crippen molar-refractivity contribution < 1.29 is 23.2 Å². The van der Waals surface area contributed by atoms with Crippen LogP contribution in [0.2, 0.25) is 0 Å². The number of fused-ring (bicyclic) bond motifs is 1. The van der Waals surface area contributed by atoms with E-state index in [4.69, 9.17) is 14.2 Å². The SMILES string of the molecule is CCOC(=O)N1CCC2(CC1)C[C@H](N[S@@](=O)C(C)(C)C)c1nc(OC)ccc1O2. The fourth-order valence-corrected chi connectivity index (χ4v) is 4.46. The van der Waals surface area contributed by atoms with Gasteiger partial charge in [0.1, 0.15) is 17.0 Å². The lowest BCUT2D eigenvalue weighted by Crippen LogP contribution is -2.53. The van der Waals surface area contributed by atoms with Gasteiger partial charge in [0.2, 0.25) is 5.88 Å². The lowest BCUT2D eigenvalue weighted by molar-refractivity contribution is -0.0231. The molecule has 1 spiro atoms. The molecule has 1 N–H and O–H groups in total. The van der Waals surface area contributed by atoms with Crippen molar-refractivity contribution in [3.8, 4) is 11.6 Å². The van der Waals surface area contributed by atoms with Crippen molar-refractivity contribution in [1.29, 1.82) is 0 Å². The van der Waals surface area contributed by atoms with E-state index in [2.05, 4.69) is 9.71 Å². The summed E-state index contributed by atoms with van der Waals surface area (Å²) in [6, 6.07) is 3.39. The van der Waals surface area contributed by atoms with Gasteiger partial charge < -0.3 is 19.1 Å². The summed E-state index contributed by atoms with van der Waals surface area (Å²) in [6.07, 6.45) is 1.70. The molecular formula is C20H31N3O5S. The first-order chi connectivity index (χ1) is 13.7. The molecule has 0 aromatic carbocycles. The van der Waals surface area contributed by atoms with Crippen LogP contribution in [0, 0.1) is 0 Å². The number of methoxy groups -OCH3 is 1. The van der Waals surface area contributed by atoms with E-state index in [9.17, 15) is 9.00 Å². The Hall–Kier alpha value is -1.87. The van der Waals surface area contributed by atoms with Crippen molar-refractivity contribution in [2.24, 2.45) is 0 Å². The van der Waals surface area contributed by atoms with E-state index in [1.807, 2.05) is 26.8 Å². The molecule has 1 saturated heterocycles. The number of likely N-dealkylation sites (tertiary alicyclic amines) is 1. The van der Waals surface area contributed by atoms with Gasteiger partial charge in [-0.25, -0.2) is 18.7 Å². The first-order valence-electron chi connectivity index (χ1n) is 10.0. The van der Waals surface area contributed by atoms with Crippen LogP contribution in [0.15, 0.2) is 12.1 Å². The third-order valence-electron chi connectivity index (χ3n) is 5.31. The highest BCUT2D eigenvalue weighted by Gasteiger charge is 2.45. The zero-order valence-corrected chi connectivity index (χ0v) is 18.6. The van der Waals surface area contributed by atoms with Gasteiger partial charge in [0.15, 0.2) is 0 Å². The fourth-order valence-electron chi connectivity index (χ4n) is 3.66. The van der Waals surface area contributed by atoms with Crippen molar-refractivity contribution in [2.45, 2.75) is 63.3 Å². The second kappa shape index (κ2) is 8.47. The zero-order chi connectivity index (χ0) is 21.2. The van der Waals surface area contributed by atoms with E-state index in [1.54, 1.807) is 25.0 Å². The molecule has 0 unspecified atom stereocenters. The van der Waals surface area contributed by atoms with Gasteiger partial charge in [-0.15, -0.1) is 0 Å². The molecule has 8 nitrogen and oxygen atoms in total. The summed E-state index contributed by atoms with van der Waals surface area (Å²) >= 11 is 0. The normalized spacial score (nSPS) is 21.8. The van der Waals surface area contributed by atoms with Crippen LogP contribution in [0.25, 0.3) is 0 Å². The van der Waals surface area contributed by atoms with Gasteiger partial charge in [0, 0.05) is 38.4 Å². The minimum Gasteiger partial charge on any atom is -0.485 e. The molecule has 2 atom stereocenters. The molecule has 29 heavy (non-hydrogen) atoms. The lowest BCUT2D eigenvalue weighted by atomic mass is 9.82. The van der Waals surface area contributed by atoms with Crippen molar-refractivity contribution >= 4 is 17.1 Å². The number of hydrogen-bond acceptors (Lipinski definition) is 6. The van der Waals surface area contributed by atoms with Gasteiger partial charge >= 0.3 is 6.09 Å². The summed E-state index contributed by atoms with van der Waals surface area (Å²) in [5, 5.41) is 0. The highest BCUT2D eigenvalue weighted by Crippen LogP contribution is 2.44. The molecule has 3 rings (SSSR count). The number of hydrogen-bond donors (Lipinski definition) is 1. The molecule has 3 heterocycles. The predicted molar refractivity (Wildman–Crippen MR) is 110 cm³/mol. The third-order valence-corrected chi connectivity index (χ3v) is 6.92. The molecule has 0 bridgehead atoms. The maximum absolute atomic E-state index is 12.8. The standard InChI is InChI=1S/C20H31N3O5S/c1-6-27-18(24)23-11-9-20(10-12-23)13-14(22-29(25)19(2,3)4)17-15(28-20)7-8-16(21-17)26-5/h7-8,14,22H,6,9-13H2,1-5H3/t14-,29-/m0/s1. The summed E-state index contributed by atoms with van der Waals surface area (Å²) in [5.74, 6) is 1.17. The lowest BCUT2D eigenvalue weighted by Gasteiger charge is -2.46. The smallest absolute Gasteiger partial charge is 0.409 e. The maximum Gasteiger partial charge on any atom is 0.409 e. The third kappa shape index (κ3) is 4.83. The Morgan fingerprint density at radius 1 is 1.38 bits per heavy atom. The van der Waals surface area contributed by atoms with E-state index in [0.29, 0.717) is 56.3 Å². The first kappa shape index (κ1) is 21.8. The molecular weight excluding hydrogens is 394 g/mol. The topological polar surface area (TPSA) is 90.0 Å². The fraction of sp³-hybridized carbons (Fsp3) is 0.700. The number of piperidine rings is 1. The van der Waals surface area contributed by atoms with E-state index in [1.165, 1.54) is 0 Å². The predicted octanol–water partition coefficient (Wildman–Crippen LogP) is 2.96. The highest BCUT2D eigenvalue weighted by molar-refractivity contribution is 7.84. The van der Waals surface area contributed by atoms with Crippen LogP contribution in [0.1, 0.15) is 58.7 Å². The van der Waals surface area contributed by atoms with Crippen molar-refractivity contribution in [3.05, 3.63) is 17.8 Å². The Bertz CT molecular complexity index is 772. The molecule has 1 amide bonds. The summed E-state index contributed by atoms with van der Waals surface area (Å²) < 4.78 is 32.5. The Kier molecular flexibility index (Phi) is 6.38. The van der Waals surface area contributed by atoms with Gasteiger partial charge in [-0.1, -0.05) is 0 Å². The van der Waals surface area contributed by atoms with Gasteiger partial charge in [-0.3, -0.25) is 0 Å². The molecule has 1 aromatic rings. The van der Waals surface area contributed by atoms with Crippen LogP contribution in [0.4, 0.5) is 4.79 Å². The van der Waals surface area contributed by atoms with Gasteiger partial charge in [0.05, 0.1) is 35.5 Å². The molecule has 2 aliphatic heterocycles. The maximum atomic E-state index is 12.8. The van der Waals surface area contributed by atoms with E-state index < -0.39 is 21.3 Å². The van der Waals surface area contributed by atoms with Crippen LogP contribution in [0.5, 0.6) is 11.6 Å².